The second-order valence-corrected chi connectivity index (χ2v) is 5.55. The molecule has 4 heteroatoms. The number of amides is 1. The molecule has 2 N–H and O–H groups in total. The van der Waals surface area contributed by atoms with Crippen molar-refractivity contribution in [3.05, 3.63) is 0 Å². The zero-order valence-electron chi connectivity index (χ0n) is 10.2. The lowest BCUT2D eigenvalue weighted by atomic mass is 9.89. The maximum absolute atomic E-state index is 11.7. The number of hydrogen-bond acceptors (Lipinski definition) is 2. The van der Waals surface area contributed by atoms with Gasteiger partial charge in [-0.2, -0.15) is 0 Å². The van der Waals surface area contributed by atoms with Crippen LogP contribution in [0.2, 0.25) is 0 Å². The first-order chi connectivity index (χ1) is 7.31. The van der Waals surface area contributed by atoms with E-state index in [9.17, 15) is 9.59 Å². The third kappa shape index (κ3) is 3.51. The van der Waals surface area contributed by atoms with Gasteiger partial charge in [0.25, 0.3) is 0 Å². The third-order valence-electron chi connectivity index (χ3n) is 3.24. The van der Waals surface area contributed by atoms with Gasteiger partial charge in [0.05, 0.1) is 5.41 Å². The van der Waals surface area contributed by atoms with Gasteiger partial charge in [0.1, 0.15) is 0 Å². The first-order valence-corrected chi connectivity index (χ1v) is 5.84. The Morgan fingerprint density at radius 2 is 2.00 bits per heavy atom. The number of rotatable bonds is 4. The van der Waals surface area contributed by atoms with Gasteiger partial charge in [-0.1, -0.05) is 6.92 Å². The number of nitrogens with one attached hydrogen (secondary N) is 1. The van der Waals surface area contributed by atoms with Gasteiger partial charge in [0.2, 0.25) is 5.91 Å². The van der Waals surface area contributed by atoms with Crippen molar-refractivity contribution in [2.45, 2.75) is 52.5 Å². The van der Waals surface area contributed by atoms with Crippen LogP contribution in [0.4, 0.5) is 0 Å². The van der Waals surface area contributed by atoms with Crippen molar-refractivity contribution in [3.8, 4) is 0 Å². The molecule has 0 heterocycles. The average Bonchev–Trinajstić information content (AvgIpc) is 2.49. The molecule has 0 aromatic heterocycles. The molecule has 1 aliphatic carbocycles. The van der Waals surface area contributed by atoms with E-state index in [4.69, 9.17) is 5.11 Å². The van der Waals surface area contributed by atoms with Crippen LogP contribution in [0.1, 0.15) is 46.5 Å². The number of carboxylic acid groups (broad SMARTS) is 1. The molecule has 1 fully saturated rings. The Kier molecular flexibility index (Phi) is 3.94. The van der Waals surface area contributed by atoms with Gasteiger partial charge in [-0.3, -0.25) is 9.59 Å². The molecule has 1 amide bonds. The summed E-state index contributed by atoms with van der Waals surface area (Å²) in [6.45, 7) is 5.33. The van der Waals surface area contributed by atoms with Gasteiger partial charge < -0.3 is 10.4 Å². The van der Waals surface area contributed by atoms with Crippen LogP contribution in [-0.4, -0.2) is 23.0 Å². The van der Waals surface area contributed by atoms with Crippen LogP contribution in [0.5, 0.6) is 0 Å². The quantitative estimate of drug-likeness (QED) is 0.769. The first kappa shape index (κ1) is 13.0. The third-order valence-corrected chi connectivity index (χ3v) is 3.24. The Labute approximate surface area is 96.4 Å². The summed E-state index contributed by atoms with van der Waals surface area (Å²) >= 11 is 0. The fourth-order valence-corrected chi connectivity index (χ4v) is 2.09. The molecule has 92 valence electrons. The number of carboxylic acids is 1. The van der Waals surface area contributed by atoms with Crippen molar-refractivity contribution in [2.24, 2.45) is 11.3 Å². The van der Waals surface area contributed by atoms with Crippen LogP contribution < -0.4 is 5.32 Å². The van der Waals surface area contributed by atoms with E-state index >= 15 is 0 Å². The van der Waals surface area contributed by atoms with Crippen molar-refractivity contribution in [2.75, 3.05) is 0 Å². The van der Waals surface area contributed by atoms with Gasteiger partial charge >= 0.3 is 5.97 Å². The van der Waals surface area contributed by atoms with Crippen molar-refractivity contribution in [1.82, 2.24) is 5.32 Å². The summed E-state index contributed by atoms with van der Waals surface area (Å²) in [5.41, 5.74) is -0.978. The highest BCUT2D eigenvalue weighted by Gasteiger charge is 2.31. The Morgan fingerprint density at radius 1 is 1.38 bits per heavy atom. The Hall–Kier alpha value is -1.06. The van der Waals surface area contributed by atoms with E-state index in [1.807, 2.05) is 0 Å². The van der Waals surface area contributed by atoms with Gasteiger partial charge in [-0.15, -0.1) is 0 Å². The lowest BCUT2D eigenvalue weighted by Gasteiger charge is -2.20. The van der Waals surface area contributed by atoms with Crippen LogP contribution >= 0.6 is 0 Å². The summed E-state index contributed by atoms with van der Waals surface area (Å²) in [6.07, 6.45) is 3.22. The summed E-state index contributed by atoms with van der Waals surface area (Å²) in [4.78, 5) is 22.5. The second-order valence-electron chi connectivity index (χ2n) is 5.55. The van der Waals surface area contributed by atoms with Gasteiger partial charge in [0.15, 0.2) is 0 Å². The fraction of sp³-hybridized carbons (Fsp3) is 0.833. The van der Waals surface area contributed by atoms with E-state index in [0.29, 0.717) is 5.92 Å². The smallest absolute Gasteiger partial charge is 0.309 e. The molecule has 1 saturated carbocycles. The molecule has 0 saturated heterocycles. The second kappa shape index (κ2) is 4.85. The topological polar surface area (TPSA) is 66.4 Å². The highest BCUT2D eigenvalue weighted by atomic mass is 16.4. The summed E-state index contributed by atoms with van der Waals surface area (Å²) in [6, 6.07) is 0.243. The van der Waals surface area contributed by atoms with Gasteiger partial charge in [-0.05, 0) is 39.0 Å². The molecule has 0 aromatic rings. The molecule has 16 heavy (non-hydrogen) atoms. The summed E-state index contributed by atoms with van der Waals surface area (Å²) < 4.78 is 0. The molecule has 4 nitrogen and oxygen atoms in total. The van der Waals surface area contributed by atoms with E-state index in [0.717, 1.165) is 19.3 Å². The Morgan fingerprint density at radius 3 is 2.44 bits per heavy atom. The SMILES string of the molecule is CC1CCC(NC(=O)CC(C)(C)C(=O)O)C1. The zero-order valence-corrected chi connectivity index (χ0v) is 10.2. The minimum absolute atomic E-state index is 0.0488. The van der Waals surface area contributed by atoms with Crippen LogP contribution in [-0.2, 0) is 9.59 Å². The van der Waals surface area contributed by atoms with Crippen LogP contribution in [0, 0.1) is 11.3 Å². The fourth-order valence-electron chi connectivity index (χ4n) is 2.09. The molecule has 2 atom stereocenters. The van der Waals surface area contributed by atoms with Crippen molar-refractivity contribution in [3.63, 3.8) is 0 Å². The molecule has 1 rings (SSSR count). The van der Waals surface area contributed by atoms with Gasteiger partial charge in [-0.25, -0.2) is 0 Å². The molecular weight excluding hydrogens is 206 g/mol. The molecule has 0 aliphatic heterocycles. The number of aliphatic carboxylic acids is 1. The minimum Gasteiger partial charge on any atom is -0.481 e. The molecular formula is C12H21NO3. The molecule has 0 radical (unpaired) electrons. The standard InChI is InChI=1S/C12H21NO3/c1-8-4-5-9(6-8)13-10(14)7-12(2,3)11(15)16/h8-9H,4-7H2,1-3H3,(H,13,14)(H,15,16). The van der Waals surface area contributed by atoms with E-state index in [1.54, 1.807) is 13.8 Å². The van der Waals surface area contributed by atoms with E-state index in [-0.39, 0.29) is 18.4 Å². The van der Waals surface area contributed by atoms with Gasteiger partial charge in [0, 0.05) is 12.5 Å². The van der Waals surface area contributed by atoms with Crippen LogP contribution in [0.3, 0.4) is 0 Å². The number of hydrogen-bond donors (Lipinski definition) is 2. The summed E-state index contributed by atoms with van der Waals surface area (Å²) in [5.74, 6) is -0.410. The normalized spacial score (nSPS) is 25.4. The maximum Gasteiger partial charge on any atom is 0.309 e. The average molecular weight is 227 g/mol. The van der Waals surface area contributed by atoms with E-state index in [1.165, 1.54) is 0 Å². The Balaban J connectivity index is 2.39. The molecule has 0 aromatic carbocycles. The van der Waals surface area contributed by atoms with Crippen molar-refractivity contribution in [1.29, 1.82) is 0 Å². The highest BCUT2D eigenvalue weighted by molar-refractivity contribution is 5.84. The molecule has 1 aliphatic rings. The highest BCUT2D eigenvalue weighted by Crippen LogP contribution is 2.26. The lowest BCUT2D eigenvalue weighted by Crippen LogP contribution is -2.38. The summed E-state index contributed by atoms with van der Waals surface area (Å²) in [5, 5.41) is 11.8. The predicted molar refractivity (Wildman–Crippen MR) is 61.0 cm³/mol. The van der Waals surface area contributed by atoms with Crippen molar-refractivity contribution < 1.29 is 14.7 Å². The molecule has 2 unspecified atom stereocenters. The van der Waals surface area contributed by atoms with Crippen LogP contribution in [0.25, 0.3) is 0 Å². The van der Waals surface area contributed by atoms with E-state index in [2.05, 4.69) is 12.2 Å². The zero-order chi connectivity index (χ0) is 12.3. The monoisotopic (exact) mass is 227 g/mol. The predicted octanol–water partition coefficient (Wildman–Crippen LogP) is 1.79. The largest absolute Gasteiger partial charge is 0.481 e. The van der Waals surface area contributed by atoms with Crippen LogP contribution in [0.15, 0.2) is 0 Å². The molecule has 0 bridgehead atoms. The summed E-state index contributed by atoms with van der Waals surface area (Å²) in [7, 11) is 0. The maximum atomic E-state index is 11.7. The molecule has 0 spiro atoms. The Bertz CT molecular complexity index is 286. The lowest BCUT2D eigenvalue weighted by molar-refractivity contribution is -0.149. The first-order valence-electron chi connectivity index (χ1n) is 5.84. The number of carbonyl (C=O) groups excluding carboxylic acids is 1. The number of carbonyl (C=O) groups is 2. The van der Waals surface area contributed by atoms with E-state index < -0.39 is 11.4 Å². The van der Waals surface area contributed by atoms with Crippen molar-refractivity contribution >= 4 is 11.9 Å². The minimum atomic E-state index is -0.978.